The summed E-state index contributed by atoms with van der Waals surface area (Å²) < 4.78 is 5.45. The highest BCUT2D eigenvalue weighted by atomic mass is 16.5. The summed E-state index contributed by atoms with van der Waals surface area (Å²) in [7, 11) is 0. The Balaban J connectivity index is 2.82. The van der Waals surface area contributed by atoms with Gasteiger partial charge < -0.3 is 4.74 Å². The molecule has 0 amide bonds. The van der Waals surface area contributed by atoms with Gasteiger partial charge in [-0.25, -0.2) is 0 Å². The van der Waals surface area contributed by atoms with E-state index in [0.29, 0.717) is 5.92 Å². The summed E-state index contributed by atoms with van der Waals surface area (Å²) >= 11 is 0. The number of rotatable bonds is 4. The Bertz CT molecular complexity index is 251. The van der Waals surface area contributed by atoms with Crippen LogP contribution >= 0.6 is 0 Å². The maximum absolute atomic E-state index is 5.45. The third kappa shape index (κ3) is 2.62. The lowest BCUT2D eigenvalue weighted by Crippen LogP contribution is -2.07. The molecule has 0 saturated heterocycles. The predicted molar refractivity (Wildman–Crippen MR) is 55.3 cm³/mol. The predicted octanol–water partition coefficient (Wildman–Crippen LogP) is 3.54. The summed E-state index contributed by atoms with van der Waals surface area (Å²) in [5.74, 6) is 0.459. The van der Waals surface area contributed by atoms with Gasteiger partial charge in [-0.15, -0.1) is 0 Å². The highest BCUT2D eigenvalue weighted by Crippen LogP contribution is 2.25. The van der Waals surface area contributed by atoms with Crippen molar-refractivity contribution in [3.8, 4) is 0 Å². The van der Waals surface area contributed by atoms with E-state index in [0.717, 1.165) is 0 Å². The van der Waals surface area contributed by atoms with Gasteiger partial charge in [0.2, 0.25) is 0 Å². The summed E-state index contributed by atoms with van der Waals surface area (Å²) in [5.41, 5.74) is 1.21. The van der Waals surface area contributed by atoms with Crippen molar-refractivity contribution >= 4 is 0 Å². The van der Waals surface area contributed by atoms with Crippen LogP contribution in [0.5, 0.6) is 0 Å². The molecule has 0 N–H and O–H groups in total. The van der Waals surface area contributed by atoms with Crippen LogP contribution in [0.25, 0.3) is 0 Å². The summed E-state index contributed by atoms with van der Waals surface area (Å²) in [6.07, 6.45) is 1.64. The van der Waals surface area contributed by atoms with Crippen molar-refractivity contribution in [3.63, 3.8) is 0 Å². The molecule has 1 heteroatoms. The van der Waals surface area contributed by atoms with Crippen molar-refractivity contribution in [2.24, 2.45) is 5.92 Å². The molecule has 0 radical (unpaired) electrons. The van der Waals surface area contributed by atoms with Crippen molar-refractivity contribution in [1.82, 2.24) is 0 Å². The van der Waals surface area contributed by atoms with Crippen LogP contribution in [0.4, 0.5) is 0 Å². The molecule has 0 aromatic heterocycles. The zero-order valence-corrected chi connectivity index (χ0v) is 8.23. The topological polar surface area (TPSA) is 9.23 Å². The van der Waals surface area contributed by atoms with Gasteiger partial charge in [-0.05, 0) is 11.5 Å². The normalized spacial score (nSPS) is 12.5. The SMILES string of the molecule is C=CO[C@H](c1ccccc1)C(C)C. The Morgan fingerprint density at radius 3 is 2.31 bits per heavy atom. The Morgan fingerprint density at radius 2 is 1.85 bits per heavy atom. The van der Waals surface area contributed by atoms with Crippen LogP contribution in [0.15, 0.2) is 43.2 Å². The molecule has 13 heavy (non-hydrogen) atoms. The first kappa shape index (κ1) is 9.85. The standard InChI is InChI=1S/C12H16O/c1-4-13-12(10(2)3)11-8-6-5-7-9-11/h4-10,12H,1H2,2-3H3/t12-/m0/s1. The second-order valence-corrected chi connectivity index (χ2v) is 3.38. The molecule has 1 aromatic carbocycles. The van der Waals surface area contributed by atoms with E-state index in [9.17, 15) is 0 Å². The molecule has 1 rings (SSSR count). The molecule has 0 unspecified atom stereocenters. The third-order valence-electron chi connectivity index (χ3n) is 1.98. The fourth-order valence-electron chi connectivity index (χ4n) is 1.37. The van der Waals surface area contributed by atoms with Crippen molar-refractivity contribution in [2.45, 2.75) is 20.0 Å². The van der Waals surface area contributed by atoms with Crippen molar-refractivity contribution < 1.29 is 4.74 Å². The Morgan fingerprint density at radius 1 is 1.23 bits per heavy atom. The molecule has 0 saturated carbocycles. The summed E-state index contributed by atoms with van der Waals surface area (Å²) in [6.45, 7) is 7.87. The van der Waals surface area contributed by atoms with Gasteiger partial charge in [0.05, 0.1) is 6.26 Å². The van der Waals surface area contributed by atoms with E-state index in [1.165, 1.54) is 11.8 Å². The lowest BCUT2D eigenvalue weighted by Gasteiger charge is -2.20. The minimum Gasteiger partial charge on any atom is -0.494 e. The molecular weight excluding hydrogens is 160 g/mol. The highest BCUT2D eigenvalue weighted by molar-refractivity contribution is 5.18. The lowest BCUT2D eigenvalue weighted by atomic mass is 9.99. The molecule has 1 nitrogen and oxygen atoms in total. The van der Waals surface area contributed by atoms with Gasteiger partial charge in [0, 0.05) is 0 Å². The van der Waals surface area contributed by atoms with Crippen LogP contribution in [-0.4, -0.2) is 0 Å². The maximum Gasteiger partial charge on any atom is 0.125 e. The van der Waals surface area contributed by atoms with E-state index in [1.807, 2.05) is 18.2 Å². The first-order valence-electron chi connectivity index (χ1n) is 4.57. The minimum absolute atomic E-state index is 0.124. The molecule has 0 spiro atoms. The summed E-state index contributed by atoms with van der Waals surface area (Å²) in [5, 5.41) is 0. The molecule has 0 heterocycles. The number of hydrogen-bond acceptors (Lipinski definition) is 1. The first-order chi connectivity index (χ1) is 6.25. The zero-order chi connectivity index (χ0) is 9.68. The zero-order valence-electron chi connectivity index (χ0n) is 8.23. The Labute approximate surface area is 80.0 Å². The lowest BCUT2D eigenvalue weighted by molar-refractivity contribution is 0.102. The largest absolute Gasteiger partial charge is 0.494 e. The van der Waals surface area contributed by atoms with Crippen LogP contribution in [0.1, 0.15) is 25.5 Å². The minimum atomic E-state index is 0.124. The van der Waals surface area contributed by atoms with Gasteiger partial charge in [-0.2, -0.15) is 0 Å². The van der Waals surface area contributed by atoms with E-state index in [4.69, 9.17) is 4.74 Å². The molecule has 1 atom stereocenters. The van der Waals surface area contributed by atoms with Crippen molar-refractivity contribution in [3.05, 3.63) is 48.7 Å². The molecule has 0 aliphatic rings. The number of ether oxygens (including phenoxy) is 1. The van der Waals surface area contributed by atoms with Gasteiger partial charge in [0.15, 0.2) is 0 Å². The monoisotopic (exact) mass is 176 g/mol. The summed E-state index contributed by atoms with van der Waals surface area (Å²) in [6, 6.07) is 10.2. The fraction of sp³-hybridized carbons (Fsp3) is 0.333. The molecule has 0 aliphatic heterocycles. The van der Waals surface area contributed by atoms with Crippen LogP contribution in [0.2, 0.25) is 0 Å². The molecule has 0 bridgehead atoms. The Hall–Kier alpha value is -1.24. The quantitative estimate of drug-likeness (QED) is 0.637. The van der Waals surface area contributed by atoms with E-state index in [2.05, 4.69) is 32.6 Å². The smallest absolute Gasteiger partial charge is 0.125 e. The van der Waals surface area contributed by atoms with Gasteiger partial charge in [0.1, 0.15) is 6.10 Å². The number of hydrogen-bond donors (Lipinski definition) is 0. The van der Waals surface area contributed by atoms with E-state index in [-0.39, 0.29) is 6.10 Å². The van der Waals surface area contributed by atoms with Gasteiger partial charge in [-0.1, -0.05) is 50.8 Å². The highest BCUT2D eigenvalue weighted by Gasteiger charge is 2.14. The fourth-order valence-corrected chi connectivity index (χ4v) is 1.37. The van der Waals surface area contributed by atoms with Crippen LogP contribution in [-0.2, 0) is 4.74 Å². The molecule has 0 fully saturated rings. The van der Waals surface area contributed by atoms with E-state index < -0.39 is 0 Å². The molecule has 1 aromatic rings. The molecule has 70 valence electrons. The second kappa shape index (κ2) is 4.70. The van der Waals surface area contributed by atoms with E-state index >= 15 is 0 Å². The Kier molecular flexibility index (Phi) is 3.56. The van der Waals surface area contributed by atoms with Crippen molar-refractivity contribution in [1.29, 1.82) is 0 Å². The van der Waals surface area contributed by atoms with Crippen molar-refractivity contribution in [2.75, 3.05) is 0 Å². The third-order valence-corrected chi connectivity index (χ3v) is 1.98. The van der Waals surface area contributed by atoms with Gasteiger partial charge in [0.25, 0.3) is 0 Å². The second-order valence-electron chi connectivity index (χ2n) is 3.38. The molecule has 0 aliphatic carbocycles. The van der Waals surface area contributed by atoms with Gasteiger partial charge >= 0.3 is 0 Å². The number of benzene rings is 1. The maximum atomic E-state index is 5.45. The first-order valence-corrected chi connectivity index (χ1v) is 4.57. The van der Waals surface area contributed by atoms with E-state index in [1.54, 1.807) is 0 Å². The van der Waals surface area contributed by atoms with Crippen LogP contribution < -0.4 is 0 Å². The molecular formula is C12H16O. The summed E-state index contributed by atoms with van der Waals surface area (Å²) in [4.78, 5) is 0. The average molecular weight is 176 g/mol. The average Bonchev–Trinajstić information content (AvgIpc) is 2.15. The van der Waals surface area contributed by atoms with Crippen LogP contribution in [0, 0.1) is 5.92 Å². The van der Waals surface area contributed by atoms with Crippen LogP contribution in [0.3, 0.4) is 0 Å². The van der Waals surface area contributed by atoms with Gasteiger partial charge in [-0.3, -0.25) is 0 Å².